The maximum atomic E-state index is 11.9. The van der Waals surface area contributed by atoms with E-state index in [1.54, 1.807) is 25.1 Å². The van der Waals surface area contributed by atoms with E-state index in [0.29, 0.717) is 22.2 Å². The summed E-state index contributed by atoms with van der Waals surface area (Å²) in [5.41, 5.74) is -0.383. The predicted molar refractivity (Wildman–Crippen MR) is 69.5 cm³/mol. The molecule has 0 amide bonds. The van der Waals surface area contributed by atoms with Crippen LogP contribution in [0.15, 0.2) is 18.2 Å². The Hall–Kier alpha value is -0.770. The number of carbonyl (C=O) groups excluding carboxylic acids is 1. The van der Waals surface area contributed by atoms with Gasteiger partial charge in [-0.1, -0.05) is 42.3 Å². The highest BCUT2D eigenvalue weighted by Crippen LogP contribution is 2.33. The quantitative estimate of drug-likeness (QED) is 0.859. The molecule has 1 aromatic rings. The number of methoxy groups -OCH3 is 1. The molecular formula is C12H15Cl2NO2. The van der Waals surface area contributed by atoms with Crippen LogP contribution in [0.25, 0.3) is 0 Å². The zero-order chi connectivity index (χ0) is 13.1. The summed E-state index contributed by atoms with van der Waals surface area (Å²) in [6.07, 6.45) is 0. The van der Waals surface area contributed by atoms with E-state index in [9.17, 15) is 4.79 Å². The third-order valence-corrected chi connectivity index (χ3v) is 3.43. The topological polar surface area (TPSA) is 38.3 Å². The van der Waals surface area contributed by atoms with Gasteiger partial charge in [0.1, 0.15) is 5.54 Å². The van der Waals surface area contributed by atoms with Gasteiger partial charge < -0.3 is 4.74 Å². The molecule has 5 heteroatoms. The first-order chi connectivity index (χ1) is 7.97. The van der Waals surface area contributed by atoms with Gasteiger partial charge in [0.2, 0.25) is 0 Å². The Morgan fingerprint density at radius 2 is 2.12 bits per heavy atom. The number of hydrogen-bond acceptors (Lipinski definition) is 3. The Kier molecular flexibility index (Phi) is 4.80. The number of esters is 1. The molecule has 0 saturated heterocycles. The molecule has 1 atom stereocenters. The average molecular weight is 276 g/mol. The fourth-order valence-electron chi connectivity index (χ4n) is 1.72. The molecule has 0 aliphatic carbocycles. The molecule has 0 aliphatic rings. The largest absolute Gasteiger partial charge is 0.467 e. The molecule has 1 aromatic carbocycles. The van der Waals surface area contributed by atoms with E-state index in [0.717, 1.165) is 0 Å². The average Bonchev–Trinajstić information content (AvgIpc) is 2.31. The van der Waals surface area contributed by atoms with Crippen LogP contribution in [-0.4, -0.2) is 19.6 Å². The van der Waals surface area contributed by atoms with E-state index >= 15 is 0 Å². The molecule has 1 N–H and O–H groups in total. The van der Waals surface area contributed by atoms with E-state index in [-0.39, 0.29) is 0 Å². The van der Waals surface area contributed by atoms with Gasteiger partial charge in [-0.2, -0.15) is 0 Å². The summed E-state index contributed by atoms with van der Waals surface area (Å²) in [6.45, 7) is 4.23. The molecule has 0 aliphatic heterocycles. The Bertz CT molecular complexity index is 423. The van der Waals surface area contributed by atoms with Gasteiger partial charge in [0.05, 0.1) is 17.2 Å². The van der Waals surface area contributed by atoms with Crippen molar-refractivity contribution in [2.75, 3.05) is 13.7 Å². The minimum atomic E-state index is -0.995. The van der Waals surface area contributed by atoms with E-state index in [2.05, 4.69) is 5.32 Å². The normalized spacial score (nSPS) is 14.2. The van der Waals surface area contributed by atoms with Gasteiger partial charge in [-0.25, -0.2) is 4.79 Å². The third-order valence-electron chi connectivity index (χ3n) is 2.61. The highest BCUT2D eigenvalue weighted by atomic mass is 35.5. The van der Waals surface area contributed by atoms with Crippen LogP contribution in [0.3, 0.4) is 0 Å². The second-order valence-corrected chi connectivity index (χ2v) is 4.53. The lowest BCUT2D eigenvalue weighted by atomic mass is 9.92. The highest BCUT2D eigenvalue weighted by Gasteiger charge is 2.37. The molecule has 0 aromatic heterocycles. The summed E-state index contributed by atoms with van der Waals surface area (Å²) in [6, 6.07) is 5.19. The monoisotopic (exact) mass is 275 g/mol. The van der Waals surface area contributed by atoms with Crippen LogP contribution in [0, 0.1) is 0 Å². The van der Waals surface area contributed by atoms with Gasteiger partial charge in [0, 0.05) is 5.56 Å². The minimum Gasteiger partial charge on any atom is -0.467 e. The zero-order valence-corrected chi connectivity index (χ0v) is 11.5. The van der Waals surface area contributed by atoms with Gasteiger partial charge in [-0.15, -0.1) is 0 Å². The summed E-state index contributed by atoms with van der Waals surface area (Å²) in [7, 11) is 1.34. The van der Waals surface area contributed by atoms with Gasteiger partial charge in [-0.3, -0.25) is 5.32 Å². The fourth-order valence-corrected chi connectivity index (χ4v) is 2.21. The second kappa shape index (κ2) is 5.71. The standard InChI is InChI=1S/C12H15Cl2NO2/c1-4-15-12(2,11(16)17-3)8-6-5-7-9(13)10(8)14/h5-7,15H,4H2,1-3H3. The summed E-state index contributed by atoms with van der Waals surface area (Å²) in [5.74, 6) is -0.400. The first kappa shape index (κ1) is 14.3. The van der Waals surface area contributed by atoms with Crippen molar-refractivity contribution in [1.29, 1.82) is 0 Å². The van der Waals surface area contributed by atoms with Crippen LogP contribution in [0.1, 0.15) is 19.4 Å². The molecule has 94 valence electrons. The zero-order valence-electron chi connectivity index (χ0n) is 10.0. The van der Waals surface area contributed by atoms with Gasteiger partial charge in [-0.05, 0) is 19.5 Å². The molecule has 3 nitrogen and oxygen atoms in total. The van der Waals surface area contributed by atoms with Crippen molar-refractivity contribution < 1.29 is 9.53 Å². The van der Waals surface area contributed by atoms with Crippen molar-refractivity contribution in [1.82, 2.24) is 5.32 Å². The lowest BCUT2D eigenvalue weighted by Crippen LogP contribution is -2.47. The molecule has 0 radical (unpaired) electrons. The summed E-state index contributed by atoms with van der Waals surface area (Å²) < 4.78 is 4.81. The van der Waals surface area contributed by atoms with Crippen molar-refractivity contribution in [2.24, 2.45) is 0 Å². The second-order valence-electron chi connectivity index (χ2n) is 3.75. The van der Waals surface area contributed by atoms with Crippen LogP contribution in [-0.2, 0) is 15.1 Å². The Morgan fingerprint density at radius 3 is 2.65 bits per heavy atom. The Labute approximate surface area is 111 Å². The van der Waals surface area contributed by atoms with Crippen molar-refractivity contribution in [2.45, 2.75) is 19.4 Å². The van der Waals surface area contributed by atoms with E-state index < -0.39 is 11.5 Å². The van der Waals surface area contributed by atoms with Crippen molar-refractivity contribution in [3.05, 3.63) is 33.8 Å². The molecule has 1 unspecified atom stereocenters. The van der Waals surface area contributed by atoms with Crippen LogP contribution in [0.4, 0.5) is 0 Å². The third kappa shape index (κ3) is 2.73. The van der Waals surface area contributed by atoms with Crippen molar-refractivity contribution in [3.8, 4) is 0 Å². The maximum absolute atomic E-state index is 11.9. The number of ether oxygens (including phenoxy) is 1. The SMILES string of the molecule is CCNC(C)(C(=O)OC)c1cccc(Cl)c1Cl. The van der Waals surface area contributed by atoms with E-state index in [4.69, 9.17) is 27.9 Å². The van der Waals surface area contributed by atoms with E-state index in [1.165, 1.54) is 7.11 Å². The molecule has 0 heterocycles. The number of carbonyl (C=O) groups is 1. The van der Waals surface area contributed by atoms with E-state index in [1.807, 2.05) is 6.92 Å². The van der Waals surface area contributed by atoms with Crippen LogP contribution < -0.4 is 5.32 Å². The highest BCUT2D eigenvalue weighted by molar-refractivity contribution is 6.42. The van der Waals surface area contributed by atoms with Gasteiger partial charge in [0.25, 0.3) is 0 Å². The Morgan fingerprint density at radius 1 is 1.47 bits per heavy atom. The van der Waals surface area contributed by atoms with Crippen molar-refractivity contribution in [3.63, 3.8) is 0 Å². The smallest absolute Gasteiger partial charge is 0.330 e. The number of benzene rings is 1. The maximum Gasteiger partial charge on any atom is 0.330 e. The first-order valence-electron chi connectivity index (χ1n) is 5.25. The van der Waals surface area contributed by atoms with Crippen LogP contribution in [0.5, 0.6) is 0 Å². The molecule has 0 bridgehead atoms. The molecule has 17 heavy (non-hydrogen) atoms. The summed E-state index contributed by atoms with van der Waals surface area (Å²) in [4.78, 5) is 11.9. The Balaban J connectivity index is 3.32. The lowest BCUT2D eigenvalue weighted by Gasteiger charge is -2.29. The predicted octanol–water partition coefficient (Wildman–Crippen LogP) is 2.99. The number of nitrogens with one attached hydrogen (secondary N) is 1. The molecule has 1 rings (SSSR count). The lowest BCUT2D eigenvalue weighted by molar-refractivity contribution is -0.148. The van der Waals surface area contributed by atoms with Gasteiger partial charge >= 0.3 is 5.97 Å². The number of rotatable bonds is 4. The molecular weight excluding hydrogens is 261 g/mol. The minimum absolute atomic E-state index is 0.364. The van der Waals surface area contributed by atoms with Crippen LogP contribution in [0.2, 0.25) is 10.0 Å². The van der Waals surface area contributed by atoms with Gasteiger partial charge in [0.15, 0.2) is 0 Å². The molecule has 0 fully saturated rings. The fraction of sp³-hybridized carbons (Fsp3) is 0.417. The van der Waals surface area contributed by atoms with Crippen molar-refractivity contribution >= 4 is 29.2 Å². The molecule has 0 saturated carbocycles. The van der Waals surface area contributed by atoms with Crippen LogP contribution >= 0.6 is 23.2 Å². The summed E-state index contributed by atoms with van der Waals surface area (Å²) in [5, 5.41) is 3.85. The molecule has 0 spiro atoms. The first-order valence-corrected chi connectivity index (χ1v) is 6.01. The number of likely N-dealkylation sites (N-methyl/N-ethyl adjacent to an activating group) is 1. The summed E-state index contributed by atoms with van der Waals surface area (Å²) >= 11 is 12.1. The number of hydrogen-bond donors (Lipinski definition) is 1. The number of halogens is 2.